The van der Waals surface area contributed by atoms with E-state index in [0.717, 1.165) is 42.0 Å². The lowest BCUT2D eigenvalue weighted by Gasteiger charge is -2.22. The Morgan fingerprint density at radius 2 is 1.47 bits per heavy atom. The standard InChI is InChI=1S/C28H33N5O/c29-28(31-25-15-13-23(14-16-25)22-9-3-1-4-10-22)32-26(24-11-5-2-6-12-24)21-27(34)30-17-20-33-18-7-8-19-33/h1-6,9-16,26H,7-8,17-21H2,(H,30,34)(H3,29,31,32). The molecule has 0 aliphatic carbocycles. The third-order valence-corrected chi connectivity index (χ3v) is 6.12. The van der Waals surface area contributed by atoms with Crippen molar-refractivity contribution in [2.45, 2.75) is 25.3 Å². The van der Waals surface area contributed by atoms with Crippen molar-refractivity contribution in [1.29, 1.82) is 5.41 Å². The van der Waals surface area contributed by atoms with E-state index in [-0.39, 0.29) is 24.3 Å². The van der Waals surface area contributed by atoms with E-state index in [1.165, 1.54) is 12.8 Å². The number of anilines is 1. The summed E-state index contributed by atoms with van der Waals surface area (Å²) in [6.07, 6.45) is 2.76. The Labute approximate surface area is 201 Å². The molecule has 0 radical (unpaired) electrons. The highest BCUT2D eigenvalue weighted by Crippen LogP contribution is 2.21. The van der Waals surface area contributed by atoms with Crippen LogP contribution in [0.4, 0.5) is 5.69 Å². The van der Waals surface area contributed by atoms with Gasteiger partial charge in [-0.3, -0.25) is 10.2 Å². The highest BCUT2D eigenvalue weighted by atomic mass is 16.1. The summed E-state index contributed by atoms with van der Waals surface area (Å²) in [6, 6.07) is 27.7. The van der Waals surface area contributed by atoms with Gasteiger partial charge in [0.25, 0.3) is 0 Å². The maximum Gasteiger partial charge on any atom is 0.222 e. The Kier molecular flexibility index (Phi) is 8.30. The van der Waals surface area contributed by atoms with Gasteiger partial charge >= 0.3 is 0 Å². The van der Waals surface area contributed by atoms with Crippen molar-refractivity contribution in [3.8, 4) is 11.1 Å². The molecule has 0 saturated carbocycles. The Bertz CT molecular complexity index is 1050. The zero-order chi connectivity index (χ0) is 23.6. The molecule has 1 atom stereocenters. The number of benzene rings is 3. The molecule has 1 aliphatic rings. The van der Waals surface area contributed by atoms with E-state index in [1.54, 1.807) is 0 Å². The van der Waals surface area contributed by atoms with Crippen LogP contribution >= 0.6 is 0 Å². The summed E-state index contributed by atoms with van der Waals surface area (Å²) in [5, 5.41) is 17.8. The number of hydrogen-bond acceptors (Lipinski definition) is 3. The van der Waals surface area contributed by atoms with E-state index in [9.17, 15) is 4.79 Å². The van der Waals surface area contributed by atoms with Crippen molar-refractivity contribution >= 4 is 17.6 Å². The van der Waals surface area contributed by atoms with Crippen LogP contribution in [0, 0.1) is 5.41 Å². The van der Waals surface area contributed by atoms with Gasteiger partial charge in [-0.1, -0.05) is 72.8 Å². The minimum Gasteiger partial charge on any atom is -0.355 e. The van der Waals surface area contributed by atoms with Gasteiger partial charge in [-0.05, 0) is 54.8 Å². The second-order valence-electron chi connectivity index (χ2n) is 8.65. The van der Waals surface area contributed by atoms with Crippen LogP contribution in [0.5, 0.6) is 0 Å². The second kappa shape index (κ2) is 12.0. The van der Waals surface area contributed by atoms with Crippen molar-refractivity contribution in [2.75, 3.05) is 31.5 Å². The molecular formula is C28H33N5O. The molecule has 0 aromatic heterocycles. The monoisotopic (exact) mass is 455 g/mol. The van der Waals surface area contributed by atoms with Gasteiger partial charge in [0.2, 0.25) is 5.91 Å². The molecule has 34 heavy (non-hydrogen) atoms. The summed E-state index contributed by atoms with van der Waals surface area (Å²) in [5.74, 6) is 0.145. The predicted octanol–water partition coefficient (Wildman–Crippen LogP) is 4.63. The Balaban J connectivity index is 1.33. The SMILES string of the molecule is N=C(Nc1ccc(-c2ccccc2)cc1)NC(CC(=O)NCCN1CCCC1)c1ccccc1. The molecule has 3 aromatic carbocycles. The van der Waals surface area contributed by atoms with Gasteiger partial charge in [-0.15, -0.1) is 0 Å². The summed E-state index contributed by atoms with van der Waals surface area (Å²) in [4.78, 5) is 15.0. The molecule has 1 amide bonds. The molecule has 1 fully saturated rings. The van der Waals surface area contributed by atoms with Crippen molar-refractivity contribution in [2.24, 2.45) is 0 Å². The normalized spacial score (nSPS) is 14.4. The molecule has 6 heteroatoms. The molecule has 4 N–H and O–H groups in total. The van der Waals surface area contributed by atoms with Crippen molar-refractivity contribution in [3.05, 3.63) is 90.5 Å². The molecule has 1 unspecified atom stereocenters. The molecule has 1 aliphatic heterocycles. The summed E-state index contributed by atoms with van der Waals surface area (Å²) >= 11 is 0. The molecule has 0 spiro atoms. The Morgan fingerprint density at radius 3 is 2.15 bits per heavy atom. The highest BCUT2D eigenvalue weighted by molar-refractivity contribution is 5.92. The van der Waals surface area contributed by atoms with Gasteiger partial charge in [0, 0.05) is 18.8 Å². The molecular weight excluding hydrogens is 422 g/mol. The zero-order valence-electron chi connectivity index (χ0n) is 19.5. The van der Waals surface area contributed by atoms with Gasteiger partial charge < -0.3 is 20.9 Å². The molecule has 3 aromatic rings. The average Bonchev–Trinajstić information content (AvgIpc) is 3.39. The van der Waals surface area contributed by atoms with E-state index >= 15 is 0 Å². The van der Waals surface area contributed by atoms with Crippen LogP contribution in [-0.4, -0.2) is 42.9 Å². The topological polar surface area (TPSA) is 80.2 Å². The molecule has 0 bridgehead atoms. The number of hydrogen-bond donors (Lipinski definition) is 4. The highest BCUT2D eigenvalue weighted by Gasteiger charge is 2.18. The van der Waals surface area contributed by atoms with Gasteiger partial charge in [0.1, 0.15) is 0 Å². The summed E-state index contributed by atoms with van der Waals surface area (Å²) in [7, 11) is 0. The number of rotatable bonds is 9. The number of amides is 1. The number of likely N-dealkylation sites (tertiary alicyclic amines) is 1. The summed E-state index contributed by atoms with van der Waals surface area (Å²) in [5.41, 5.74) is 4.07. The van der Waals surface area contributed by atoms with Crippen LogP contribution in [0.2, 0.25) is 0 Å². The van der Waals surface area contributed by atoms with Gasteiger partial charge in [0.05, 0.1) is 12.5 Å². The lowest BCUT2D eigenvalue weighted by atomic mass is 10.0. The largest absolute Gasteiger partial charge is 0.355 e. The molecule has 1 heterocycles. The molecule has 176 valence electrons. The minimum absolute atomic E-state index is 0.0134. The molecule has 4 rings (SSSR count). The number of carbonyl (C=O) groups is 1. The number of carbonyl (C=O) groups excluding carboxylic acids is 1. The van der Waals surface area contributed by atoms with Crippen LogP contribution in [0.3, 0.4) is 0 Å². The first-order valence-corrected chi connectivity index (χ1v) is 12.0. The van der Waals surface area contributed by atoms with Crippen LogP contribution < -0.4 is 16.0 Å². The van der Waals surface area contributed by atoms with Gasteiger partial charge in [-0.25, -0.2) is 0 Å². The van der Waals surface area contributed by atoms with Gasteiger partial charge in [0.15, 0.2) is 5.96 Å². The first-order chi connectivity index (χ1) is 16.7. The van der Waals surface area contributed by atoms with Crippen LogP contribution in [0.1, 0.15) is 30.9 Å². The molecule has 6 nitrogen and oxygen atoms in total. The average molecular weight is 456 g/mol. The van der Waals surface area contributed by atoms with Crippen molar-refractivity contribution in [3.63, 3.8) is 0 Å². The quantitative estimate of drug-likeness (QED) is 0.280. The Hall–Kier alpha value is -3.64. The van der Waals surface area contributed by atoms with E-state index < -0.39 is 0 Å². The van der Waals surface area contributed by atoms with Crippen molar-refractivity contribution < 1.29 is 4.79 Å². The molecule has 1 saturated heterocycles. The summed E-state index contributed by atoms with van der Waals surface area (Å²) < 4.78 is 0. The van der Waals surface area contributed by atoms with Crippen LogP contribution in [-0.2, 0) is 4.79 Å². The fourth-order valence-electron chi connectivity index (χ4n) is 4.29. The second-order valence-corrected chi connectivity index (χ2v) is 8.65. The van der Waals surface area contributed by atoms with Gasteiger partial charge in [-0.2, -0.15) is 0 Å². The maximum absolute atomic E-state index is 12.7. The lowest BCUT2D eigenvalue weighted by Crippen LogP contribution is -2.38. The van der Waals surface area contributed by atoms with Crippen LogP contribution in [0.25, 0.3) is 11.1 Å². The third-order valence-electron chi connectivity index (χ3n) is 6.12. The number of guanidine groups is 1. The maximum atomic E-state index is 12.7. The van der Waals surface area contributed by atoms with Crippen molar-refractivity contribution in [1.82, 2.24) is 15.5 Å². The van der Waals surface area contributed by atoms with E-state index in [2.05, 4.69) is 33.0 Å². The van der Waals surface area contributed by atoms with E-state index in [1.807, 2.05) is 72.8 Å². The van der Waals surface area contributed by atoms with E-state index in [0.29, 0.717) is 6.54 Å². The number of nitrogens with zero attached hydrogens (tertiary/aromatic N) is 1. The fourth-order valence-corrected chi connectivity index (χ4v) is 4.29. The smallest absolute Gasteiger partial charge is 0.222 e. The summed E-state index contributed by atoms with van der Waals surface area (Å²) in [6.45, 7) is 3.80. The lowest BCUT2D eigenvalue weighted by molar-refractivity contribution is -0.121. The number of nitrogens with one attached hydrogen (secondary N) is 4. The fraction of sp³-hybridized carbons (Fsp3) is 0.286. The van der Waals surface area contributed by atoms with Crippen LogP contribution in [0.15, 0.2) is 84.9 Å². The minimum atomic E-state index is -0.295. The first kappa shape index (κ1) is 23.5. The third kappa shape index (κ3) is 6.93. The zero-order valence-corrected chi connectivity index (χ0v) is 19.5. The predicted molar refractivity (Wildman–Crippen MR) is 139 cm³/mol. The Morgan fingerprint density at radius 1 is 0.853 bits per heavy atom. The van der Waals surface area contributed by atoms with E-state index in [4.69, 9.17) is 5.41 Å². The first-order valence-electron chi connectivity index (χ1n) is 12.0.